The summed E-state index contributed by atoms with van der Waals surface area (Å²) in [6.07, 6.45) is 0.501. The van der Waals surface area contributed by atoms with E-state index in [-0.39, 0.29) is 37.0 Å². The minimum atomic E-state index is -0.904. The topological polar surface area (TPSA) is 83.5 Å². The van der Waals surface area contributed by atoms with Crippen LogP contribution in [0.4, 0.5) is 0 Å². The number of hydrogen-bond donors (Lipinski definition) is 2. The molecule has 0 fully saturated rings. The molecule has 1 amide bonds. The number of carboxylic acid groups (broad SMARTS) is 1. The third-order valence-electron chi connectivity index (χ3n) is 4.10. The van der Waals surface area contributed by atoms with Crippen molar-refractivity contribution in [2.24, 2.45) is 0 Å². The van der Waals surface area contributed by atoms with E-state index in [9.17, 15) is 14.4 Å². The molecule has 2 rings (SSSR count). The van der Waals surface area contributed by atoms with E-state index in [2.05, 4.69) is 5.32 Å². The number of carbonyl (C=O) groups is 3. The number of aryl methyl sites for hydroxylation is 2. The first-order valence-corrected chi connectivity index (χ1v) is 9.35. The molecule has 0 radical (unpaired) electrons. The van der Waals surface area contributed by atoms with Gasteiger partial charge in [-0.2, -0.15) is 0 Å². The Bertz CT molecular complexity index is 782. The number of Topliss-reactive ketones (excluding diaryl/α,β-unsaturated/α-hetero) is 1. The highest BCUT2D eigenvalue weighted by Crippen LogP contribution is 2.23. The summed E-state index contributed by atoms with van der Waals surface area (Å²) in [5.41, 5.74) is 1.54. The molecule has 0 aliphatic carbocycles. The Hall–Kier alpha value is -2.47. The minimum Gasteiger partial charge on any atom is -0.481 e. The molecule has 0 aliphatic heterocycles. The maximum Gasteiger partial charge on any atom is 0.303 e. The second kappa shape index (κ2) is 9.29. The molecule has 1 aromatic heterocycles. The van der Waals surface area contributed by atoms with Gasteiger partial charge in [-0.1, -0.05) is 30.3 Å². The first-order valence-electron chi connectivity index (χ1n) is 8.53. The molecule has 6 heteroatoms. The molecule has 0 spiro atoms. The van der Waals surface area contributed by atoms with Crippen LogP contribution in [0.1, 0.15) is 57.4 Å². The van der Waals surface area contributed by atoms with Crippen molar-refractivity contribution in [3.8, 4) is 0 Å². The fourth-order valence-electron chi connectivity index (χ4n) is 2.81. The summed E-state index contributed by atoms with van der Waals surface area (Å²) in [5.74, 6) is -1.19. The lowest BCUT2D eigenvalue weighted by Crippen LogP contribution is -2.29. The van der Waals surface area contributed by atoms with Crippen LogP contribution in [0, 0.1) is 13.8 Å². The molecule has 2 N–H and O–H groups in total. The average molecular weight is 373 g/mol. The predicted molar refractivity (Wildman–Crippen MR) is 102 cm³/mol. The molecule has 138 valence electrons. The zero-order valence-corrected chi connectivity index (χ0v) is 15.8. The highest BCUT2D eigenvalue weighted by Gasteiger charge is 2.18. The fraction of sp³-hybridized carbons (Fsp3) is 0.350. The molecular weight excluding hydrogens is 350 g/mol. The molecule has 0 aliphatic rings. The molecule has 26 heavy (non-hydrogen) atoms. The van der Waals surface area contributed by atoms with Crippen molar-refractivity contribution in [2.45, 2.75) is 45.6 Å². The lowest BCUT2D eigenvalue weighted by Gasteiger charge is -2.18. The second-order valence-electron chi connectivity index (χ2n) is 6.21. The van der Waals surface area contributed by atoms with E-state index in [0.29, 0.717) is 12.0 Å². The molecule has 0 bridgehead atoms. The van der Waals surface area contributed by atoms with E-state index in [1.165, 1.54) is 0 Å². The first kappa shape index (κ1) is 19.8. The Morgan fingerprint density at radius 3 is 2.35 bits per heavy atom. The molecule has 5 nitrogen and oxygen atoms in total. The number of rotatable bonds is 9. The zero-order valence-electron chi connectivity index (χ0n) is 15.0. The Balaban J connectivity index is 1.95. The maximum absolute atomic E-state index is 12.3. The standard InChI is InChI=1S/C20H23NO4S/c1-13-12-16(14(2)26-13)18(22)9-10-19(23)21-17(8-11-20(24)25)15-6-4-3-5-7-15/h3-7,12,17H,8-11H2,1-2H3,(H,21,23)(H,24,25). The van der Waals surface area contributed by atoms with E-state index in [4.69, 9.17) is 5.11 Å². The lowest BCUT2D eigenvalue weighted by molar-refractivity contribution is -0.137. The summed E-state index contributed by atoms with van der Waals surface area (Å²) in [6.45, 7) is 3.86. The number of aliphatic carboxylic acids is 1. The second-order valence-corrected chi connectivity index (χ2v) is 7.67. The number of ketones is 1. The fourth-order valence-corrected chi connectivity index (χ4v) is 3.75. The van der Waals surface area contributed by atoms with E-state index < -0.39 is 5.97 Å². The van der Waals surface area contributed by atoms with Crippen LogP contribution in [0.3, 0.4) is 0 Å². The first-order chi connectivity index (χ1) is 12.4. The molecular formula is C20H23NO4S. The van der Waals surface area contributed by atoms with Gasteiger partial charge in [-0.25, -0.2) is 0 Å². The quantitative estimate of drug-likeness (QED) is 0.650. The number of amides is 1. The third kappa shape index (κ3) is 5.81. The van der Waals surface area contributed by atoms with Crippen molar-refractivity contribution in [2.75, 3.05) is 0 Å². The number of thiophene rings is 1. The summed E-state index contributed by atoms with van der Waals surface area (Å²) < 4.78 is 0. The predicted octanol–water partition coefficient (Wildman–Crippen LogP) is 4.05. The summed E-state index contributed by atoms with van der Waals surface area (Å²) >= 11 is 1.57. The van der Waals surface area contributed by atoms with Gasteiger partial charge in [0.15, 0.2) is 5.78 Å². The normalized spacial score (nSPS) is 11.8. The third-order valence-corrected chi connectivity index (χ3v) is 5.07. The highest BCUT2D eigenvalue weighted by molar-refractivity contribution is 7.12. The molecule has 2 aromatic rings. The average Bonchev–Trinajstić information content (AvgIpc) is 2.95. The Kier molecular flexibility index (Phi) is 7.09. The van der Waals surface area contributed by atoms with Crippen molar-refractivity contribution >= 4 is 29.0 Å². The Labute approximate surface area is 157 Å². The smallest absolute Gasteiger partial charge is 0.303 e. The summed E-state index contributed by atoms with van der Waals surface area (Å²) in [7, 11) is 0. The van der Waals surface area contributed by atoms with Crippen LogP contribution in [-0.2, 0) is 9.59 Å². The van der Waals surface area contributed by atoms with Crippen LogP contribution in [0.5, 0.6) is 0 Å². The molecule has 0 saturated carbocycles. The molecule has 1 aromatic carbocycles. The number of hydrogen-bond acceptors (Lipinski definition) is 4. The number of carboxylic acids is 1. The zero-order chi connectivity index (χ0) is 19.1. The van der Waals surface area contributed by atoms with Gasteiger partial charge in [-0.3, -0.25) is 14.4 Å². The van der Waals surface area contributed by atoms with Gasteiger partial charge in [0.2, 0.25) is 5.91 Å². The van der Waals surface area contributed by atoms with Gasteiger partial charge in [0, 0.05) is 34.6 Å². The monoisotopic (exact) mass is 373 g/mol. The van der Waals surface area contributed by atoms with Crippen LogP contribution < -0.4 is 5.32 Å². The number of nitrogens with one attached hydrogen (secondary N) is 1. The van der Waals surface area contributed by atoms with Crippen LogP contribution in [0.2, 0.25) is 0 Å². The van der Waals surface area contributed by atoms with Crippen molar-refractivity contribution < 1.29 is 19.5 Å². The van der Waals surface area contributed by atoms with Crippen molar-refractivity contribution in [1.82, 2.24) is 5.32 Å². The van der Waals surface area contributed by atoms with Crippen LogP contribution >= 0.6 is 11.3 Å². The highest BCUT2D eigenvalue weighted by atomic mass is 32.1. The molecule has 1 atom stereocenters. The number of carbonyl (C=O) groups excluding carboxylic acids is 2. The van der Waals surface area contributed by atoms with Gasteiger partial charge in [-0.15, -0.1) is 11.3 Å². The van der Waals surface area contributed by atoms with Crippen molar-refractivity contribution in [1.29, 1.82) is 0 Å². The van der Waals surface area contributed by atoms with Gasteiger partial charge in [0.25, 0.3) is 0 Å². The van der Waals surface area contributed by atoms with Gasteiger partial charge in [0.1, 0.15) is 0 Å². The SMILES string of the molecule is Cc1cc(C(=O)CCC(=O)NC(CCC(=O)O)c2ccccc2)c(C)s1. The minimum absolute atomic E-state index is 0.0356. The van der Waals surface area contributed by atoms with Crippen LogP contribution in [0.15, 0.2) is 36.4 Å². The van der Waals surface area contributed by atoms with E-state index in [1.807, 2.05) is 50.2 Å². The van der Waals surface area contributed by atoms with E-state index >= 15 is 0 Å². The lowest BCUT2D eigenvalue weighted by atomic mass is 10.0. The van der Waals surface area contributed by atoms with Crippen LogP contribution in [-0.4, -0.2) is 22.8 Å². The van der Waals surface area contributed by atoms with Gasteiger partial charge in [0.05, 0.1) is 6.04 Å². The summed E-state index contributed by atoms with van der Waals surface area (Å²) in [6, 6.07) is 10.8. The Morgan fingerprint density at radius 1 is 1.08 bits per heavy atom. The van der Waals surface area contributed by atoms with Gasteiger partial charge < -0.3 is 10.4 Å². The molecule has 1 heterocycles. The van der Waals surface area contributed by atoms with Gasteiger partial charge in [-0.05, 0) is 31.9 Å². The number of benzene rings is 1. The van der Waals surface area contributed by atoms with Crippen molar-refractivity contribution in [3.63, 3.8) is 0 Å². The maximum atomic E-state index is 12.3. The summed E-state index contributed by atoms with van der Waals surface area (Å²) in [5, 5.41) is 11.8. The molecule has 1 unspecified atom stereocenters. The van der Waals surface area contributed by atoms with E-state index in [0.717, 1.165) is 15.3 Å². The summed E-state index contributed by atoms with van der Waals surface area (Å²) in [4.78, 5) is 37.5. The van der Waals surface area contributed by atoms with Crippen molar-refractivity contribution in [3.05, 3.63) is 57.3 Å². The van der Waals surface area contributed by atoms with Crippen LogP contribution in [0.25, 0.3) is 0 Å². The van der Waals surface area contributed by atoms with Gasteiger partial charge >= 0.3 is 5.97 Å². The van der Waals surface area contributed by atoms with E-state index in [1.54, 1.807) is 11.3 Å². The molecule has 0 saturated heterocycles. The largest absolute Gasteiger partial charge is 0.481 e. The Morgan fingerprint density at radius 2 is 1.77 bits per heavy atom.